The van der Waals surface area contributed by atoms with Crippen LogP contribution in [0.2, 0.25) is 0 Å². The average Bonchev–Trinajstić information content (AvgIpc) is 2.86. The van der Waals surface area contributed by atoms with Crippen LogP contribution >= 0.6 is 0 Å². The molecule has 0 bridgehead atoms. The number of hydrogen-bond donors (Lipinski definition) is 1. The molecule has 5 heteroatoms. The molecule has 1 N–H and O–H groups in total. The van der Waals surface area contributed by atoms with Gasteiger partial charge in [0.2, 0.25) is 0 Å². The number of esters is 2. The second-order valence-electron chi connectivity index (χ2n) is 9.07. The van der Waals surface area contributed by atoms with Gasteiger partial charge < -0.3 is 14.6 Å². The molecular formula is C28H36O5. The van der Waals surface area contributed by atoms with Gasteiger partial charge in [-0.1, -0.05) is 74.7 Å². The van der Waals surface area contributed by atoms with E-state index in [1.54, 1.807) is 12.1 Å². The Hall–Kier alpha value is -2.66. The van der Waals surface area contributed by atoms with Crippen molar-refractivity contribution in [2.75, 3.05) is 0 Å². The van der Waals surface area contributed by atoms with Crippen LogP contribution in [0.15, 0.2) is 54.6 Å². The van der Waals surface area contributed by atoms with Crippen molar-refractivity contribution in [1.82, 2.24) is 0 Å². The first-order valence-corrected chi connectivity index (χ1v) is 12.2. The van der Waals surface area contributed by atoms with E-state index in [9.17, 15) is 14.7 Å². The van der Waals surface area contributed by atoms with E-state index in [2.05, 4.69) is 0 Å². The van der Waals surface area contributed by atoms with Crippen molar-refractivity contribution in [1.29, 1.82) is 0 Å². The summed E-state index contributed by atoms with van der Waals surface area (Å²) in [6, 6.07) is 16.7. The van der Waals surface area contributed by atoms with Crippen LogP contribution in [-0.2, 0) is 27.3 Å². The minimum Gasteiger partial charge on any atom is -0.462 e. The third kappa shape index (κ3) is 7.16. The maximum absolute atomic E-state index is 13.1. The topological polar surface area (TPSA) is 72.8 Å². The summed E-state index contributed by atoms with van der Waals surface area (Å²) in [5, 5.41) is 11.2. The molecule has 0 heterocycles. The lowest BCUT2D eigenvalue weighted by atomic mass is 9.78. The number of aliphatic hydroxyl groups excluding tert-OH is 1. The lowest BCUT2D eigenvalue weighted by Crippen LogP contribution is -2.39. The first kappa shape index (κ1) is 25.0. The van der Waals surface area contributed by atoms with Crippen molar-refractivity contribution in [3.63, 3.8) is 0 Å². The van der Waals surface area contributed by atoms with Gasteiger partial charge in [-0.25, -0.2) is 4.79 Å². The van der Waals surface area contributed by atoms with Crippen LogP contribution < -0.4 is 0 Å². The molecule has 3 atom stereocenters. The van der Waals surface area contributed by atoms with Crippen LogP contribution in [0.5, 0.6) is 0 Å². The molecule has 1 saturated carbocycles. The van der Waals surface area contributed by atoms with Crippen LogP contribution in [0, 0.1) is 11.8 Å². The molecule has 1 aliphatic rings. The van der Waals surface area contributed by atoms with E-state index in [1.807, 2.05) is 56.3 Å². The first-order valence-electron chi connectivity index (χ1n) is 12.2. The average molecular weight is 453 g/mol. The second kappa shape index (κ2) is 12.5. The number of rotatable bonds is 10. The molecule has 3 rings (SSSR count). The molecule has 5 nitrogen and oxygen atoms in total. The Morgan fingerprint density at radius 1 is 1.00 bits per heavy atom. The Kier molecular flexibility index (Phi) is 9.49. The van der Waals surface area contributed by atoms with Crippen LogP contribution in [0.3, 0.4) is 0 Å². The summed E-state index contributed by atoms with van der Waals surface area (Å²) in [6.45, 7) is 4.00. The van der Waals surface area contributed by atoms with Crippen molar-refractivity contribution in [2.24, 2.45) is 11.8 Å². The van der Waals surface area contributed by atoms with Gasteiger partial charge in [-0.15, -0.1) is 0 Å². The van der Waals surface area contributed by atoms with Crippen molar-refractivity contribution in [3.8, 4) is 0 Å². The molecule has 0 saturated heterocycles. The number of hydrogen-bond acceptors (Lipinski definition) is 5. The summed E-state index contributed by atoms with van der Waals surface area (Å²) in [4.78, 5) is 26.0. The summed E-state index contributed by atoms with van der Waals surface area (Å²) in [7, 11) is 0. The van der Waals surface area contributed by atoms with Crippen molar-refractivity contribution in [2.45, 2.75) is 77.6 Å². The van der Waals surface area contributed by atoms with Gasteiger partial charge in [-0.2, -0.15) is 0 Å². The molecule has 0 radical (unpaired) electrons. The summed E-state index contributed by atoms with van der Waals surface area (Å²) < 4.78 is 11.2. The van der Waals surface area contributed by atoms with Crippen molar-refractivity contribution in [3.05, 3.63) is 71.3 Å². The monoisotopic (exact) mass is 452 g/mol. The molecule has 178 valence electrons. The molecule has 0 aromatic heterocycles. The van der Waals surface area contributed by atoms with Gasteiger partial charge in [0.15, 0.2) is 0 Å². The van der Waals surface area contributed by atoms with Crippen molar-refractivity contribution < 1.29 is 24.2 Å². The molecule has 2 aromatic carbocycles. The van der Waals surface area contributed by atoms with Gasteiger partial charge in [-0.05, 0) is 55.7 Å². The molecule has 33 heavy (non-hydrogen) atoms. The summed E-state index contributed by atoms with van der Waals surface area (Å²) in [5.74, 6) is -1.47. The Morgan fingerprint density at radius 3 is 2.36 bits per heavy atom. The predicted octanol–water partition coefficient (Wildman–Crippen LogP) is 5.49. The van der Waals surface area contributed by atoms with E-state index in [0.29, 0.717) is 17.5 Å². The Labute approximate surface area is 197 Å². The third-order valence-corrected chi connectivity index (χ3v) is 6.63. The van der Waals surface area contributed by atoms with Gasteiger partial charge >= 0.3 is 11.9 Å². The normalized spacial score (nSPS) is 17.1. The third-order valence-electron chi connectivity index (χ3n) is 6.63. The second-order valence-corrected chi connectivity index (χ2v) is 9.07. The zero-order valence-electron chi connectivity index (χ0n) is 19.7. The highest BCUT2D eigenvalue weighted by atomic mass is 16.5. The maximum atomic E-state index is 13.1. The number of ether oxygens (including phenoxy) is 2. The largest absolute Gasteiger partial charge is 0.462 e. The fraction of sp³-hybridized carbons (Fsp3) is 0.500. The maximum Gasteiger partial charge on any atom is 0.338 e. The van der Waals surface area contributed by atoms with Gasteiger partial charge in [-0.3, -0.25) is 4.79 Å². The summed E-state index contributed by atoms with van der Waals surface area (Å²) >= 11 is 0. The van der Waals surface area contributed by atoms with E-state index in [4.69, 9.17) is 9.47 Å². The van der Waals surface area contributed by atoms with E-state index in [0.717, 1.165) is 31.2 Å². The minimum absolute atomic E-state index is 0.0745. The minimum atomic E-state index is -0.796. The Morgan fingerprint density at radius 2 is 1.67 bits per heavy atom. The number of benzene rings is 2. The van der Waals surface area contributed by atoms with Crippen LogP contribution in [0.1, 0.15) is 73.9 Å². The molecule has 0 spiro atoms. The summed E-state index contributed by atoms with van der Waals surface area (Å²) in [6.07, 6.45) is 5.06. The molecule has 0 aliphatic heterocycles. The quantitative estimate of drug-likeness (QED) is 0.483. The number of carbonyl (C=O) groups excluding carboxylic acids is 2. The zero-order valence-corrected chi connectivity index (χ0v) is 19.7. The van der Waals surface area contributed by atoms with Crippen LogP contribution in [0.25, 0.3) is 0 Å². The molecule has 1 fully saturated rings. The SMILES string of the molecule is CCC(C)OC(=O)C(Cc1ccccc1C(=O)OCc1ccccc1)C(O)C1CCCCC1. The molecule has 3 unspecified atom stereocenters. The van der Waals surface area contributed by atoms with Gasteiger partial charge in [0.1, 0.15) is 6.61 Å². The van der Waals surface area contributed by atoms with E-state index < -0.39 is 24.0 Å². The highest BCUT2D eigenvalue weighted by Gasteiger charge is 2.36. The number of aliphatic hydroxyl groups is 1. The van der Waals surface area contributed by atoms with Gasteiger partial charge in [0.05, 0.1) is 23.7 Å². The van der Waals surface area contributed by atoms with Crippen LogP contribution in [-0.4, -0.2) is 29.3 Å². The Balaban J connectivity index is 1.78. The molecule has 0 amide bonds. The fourth-order valence-corrected chi connectivity index (χ4v) is 4.45. The first-order chi connectivity index (χ1) is 16.0. The zero-order chi connectivity index (χ0) is 23.6. The smallest absolute Gasteiger partial charge is 0.338 e. The van der Waals surface area contributed by atoms with Crippen LogP contribution in [0.4, 0.5) is 0 Å². The fourth-order valence-electron chi connectivity index (χ4n) is 4.45. The van der Waals surface area contributed by atoms with E-state index in [-0.39, 0.29) is 25.0 Å². The number of carbonyl (C=O) groups is 2. The predicted molar refractivity (Wildman–Crippen MR) is 128 cm³/mol. The summed E-state index contributed by atoms with van der Waals surface area (Å²) in [5.41, 5.74) is 2.02. The highest BCUT2D eigenvalue weighted by Crippen LogP contribution is 2.32. The van der Waals surface area contributed by atoms with Gasteiger partial charge in [0, 0.05) is 0 Å². The highest BCUT2D eigenvalue weighted by molar-refractivity contribution is 5.91. The van der Waals surface area contributed by atoms with Crippen molar-refractivity contribution >= 4 is 11.9 Å². The molecule has 1 aliphatic carbocycles. The molecular weight excluding hydrogens is 416 g/mol. The molecule has 2 aromatic rings. The lowest BCUT2D eigenvalue weighted by Gasteiger charge is -2.32. The van der Waals surface area contributed by atoms with Gasteiger partial charge in [0.25, 0.3) is 0 Å². The Bertz CT molecular complexity index is 888. The standard InChI is InChI=1S/C28H36O5/c1-3-20(2)33-28(31)25(26(29)22-14-8-5-9-15-22)18-23-16-10-11-17-24(23)27(30)32-19-21-12-6-4-7-13-21/h4,6-7,10-13,16-17,20,22,25-26,29H,3,5,8-9,14-15,18-19H2,1-2H3. The van der Waals surface area contributed by atoms with E-state index >= 15 is 0 Å². The lowest BCUT2D eigenvalue weighted by molar-refractivity contribution is -0.159. The van der Waals surface area contributed by atoms with E-state index in [1.165, 1.54) is 6.42 Å².